The molecule has 0 saturated carbocycles. The number of aromatic amines is 1. The highest BCUT2D eigenvalue weighted by atomic mass is 16.7. The van der Waals surface area contributed by atoms with E-state index in [1.165, 1.54) is 13.2 Å². The molecule has 5 aromatic rings. The molecule has 0 amide bonds. The number of nitrogens with one attached hydrogen (secondary N) is 1. The molecule has 2 N–H and O–H groups in total. The highest BCUT2D eigenvalue weighted by Crippen LogP contribution is 2.46. The van der Waals surface area contributed by atoms with E-state index in [0.717, 1.165) is 0 Å². The zero-order chi connectivity index (χ0) is 26.1. The third-order valence-electron chi connectivity index (χ3n) is 6.87. The summed E-state index contributed by atoms with van der Waals surface area (Å²) in [5.74, 6) is 0.184. The Morgan fingerprint density at radius 1 is 0.816 bits per heavy atom. The number of rotatable bonds is 3. The molecule has 2 aromatic heterocycles. The number of carbonyl (C=O) groups is 2. The van der Waals surface area contributed by atoms with Crippen LogP contribution in [0.4, 0.5) is 0 Å². The molecular formula is C29H17NO8. The first kappa shape index (κ1) is 21.9. The van der Waals surface area contributed by atoms with Crippen molar-refractivity contribution in [3.8, 4) is 45.4 Å². The summed E-state index contributed by atoms with van der Waals surface area (Å²) < 4.78 is 21.7. The molecule has 0 atom stereocenters. The van der Waals surface area contributed by atoms with E-state index in [4.69, 9.17) is 18.6 Å². The fraction of sp³-hybridized carbons (Fsp3) is 0.0690. The van der Waals surface area contributed by atoms with Gasteiger partial charge in [-0.05, 0) is 30.3 Å². The third-order valence-corrected chi connectivity index (χ3v) is 6.87. The normalized spacial score (nSPS) is 13.5. The van der Waals surface area contributed by atoms with Crippen molar-refractivity contribution >= 4 is 22.5 Å². The summed E-state index contributed by atoms with van der Waals surface area (Å²) >= 11 is 0. The smallest absolute Gasteiger partial charge is 0.348 e. The molecule has 0 radical (unpaired) electrons. The quantitative estimate of drug-likeness (QED) is 0.331. The van der Waals surface area contributed by atoms with Crippen molar-refractivity contribution in [3.63, 3.8) is 0 Å². The molecule has 0 unspecified atom stereocenters. The van der Waals surface area contributed by atoms with E-state index >= 15 is 0 Å². The molecule has 186 valence electrons. The summed E-state index contributed by atoms with van der Waals surface area (Å²) in [4.78, 5) is 43.8. The standard InChI is InChI=1S/C29H17NO8/c1-35-14-7-8-17-19(11-14)38-29(34)23(27(17)32)21-22-25(28(33)16-5-3-2-4-15(16)26(22)31)30-24(21)13-6-9-18-20(10-13)37-12-36-18/h2-11,30,32H,12H2,1H3. The van der Waals surface area contributed by atoms with Crippen molar-refractivity contribution in [2.75, 3.05) is 13.9 Å². The Morgan fingerprint density at radius 3 is 2.37 bits per heavy atom. The Balaban J connectivity index is 1.57. The van der Waals surface area contributed by atoms with Crippen molar-refractivity contribution in [2.45, 2.75) is 0 Å². The van der Waals surface area contributed by atoms with Gasteiger partial charge in [0.1, 0.15) is 22.6 Å². The lowest BCUT2D eigenvalue weighted by molar-refractivity contribution is 0.0977. The lowest BCUT2D eigenvalue weighted by Gasteiger charge is -2.15. The number of carbonyl (C=O) groups excluding carboxylic acids is 2. The van der Waals surface area contributed by atoms with E-state index in [9.17, 15) is 19.5 Å². The number of hydrogen-bond acceptors (Lipinski definition) is 8. The van der Waals surface area contributed by atoms with Gasteiger partial charge in [-0.2, -0.15) is 0 Å². The van der Waals surface area contributed by atoms with Crippen LogP contribution < -0.4 is 19.8 Å². The summed E-state index contributed by atoms with van der Waals surface area (Å²) in [6.07, 6.45) is 0. The minimum atomic E-state index is -0.883. The van der Waals surface area contributed by atoms with E-state index in [0.29, 0.717) is 22.8 Å². The molecule has 0 bridgehead atoms. The van der Waals surface area contributed by atoms with Crippen LogP contribution in [-0.2, 0) is 0 Å². The SMILES string of the molecule is COc1ccc2c(O)c(-c3c(-c4ccc5c(c4)OCO5)[nH]c4c3C(=O)c3ccccc3C4=O)c(=O)oc2c1. The average Bonchev–Trinajstić information content (AvgIpc) is 3.56. The number of methoxy groups -OCH3 is 1. The Hall–Kier alpha value is -5.31. The van der Waals surface area contributed by atoms with Gasteiger partial charge in [-0.15, -0.1) is 0 Å². The van der Waals surface area contributed by atoms with Crippen molar-refractivity contribution in [1.29, 1.82) is 0 Å². The number of H-pyrrole nitrogens is 1. The average molecular weight is 507 g/mol. The monoisotopic (exact) mass is 507 g/mol. The van der Waals surface area contributed by atoms with Gasteiger partial charge >= 0.3 is 5.63 Å². The molecule has 0 fully saturated rings. The van der Waals surface area contributed by atoms with Gasteiger partial charge in [-0.1, -0.05) is 24.3 Å². The molecule has 3 heterocycles. The van der Waals surface area contributed by atoms with Gasteiger partial charge in [0.05, 0.1) is 29.4 Å². The summed E-state index contributed by atoms with van der Waals surface area (Å²) in [7, 11) is 1.47. The predicted octanol–water partition coefficient (Wildman–Crippen LogP) is 4.67. The Morgan fingerprint density at radius 2 is 1.58 bits per heavy atom. The van der Waals surface area contributed by atoms with E-state index in [1.54, 1.807) is 54.6 Å². The minimum Gasteiger partial charge on any atom is -0.506 e. The van der Waals surface area contributed by atoms with E-state index in [1.807, 2.05) is 0 Å². The van der Waals surface area contributed by atoms with Crippen LogP contribution in [0.15, 0.2) is 69.9 Å². The second kappa shape index (κ2) is 7.84. The van der Waals surface area contributed by atoms with Crippen molar-refractivity contribution < 1.29 is 33.3 Å². The molecular weight excluding hydrogens is 490 g/mol. The lowest BCUT2D eigenvalue weighted by Crippen LogP contribution is -2.21. The van der Waals surface area contributed by atoms with Gasteiger partial charge in [0.2, 0.25) is 12.6 Å². The number of fused-ring (bicyclic) bond motifs is 4. The number of aromatic hydroxyl groups is 1. The van der Waals surface area contributed by atoms with Gasteiger partial charge in [0.25, 0.3) is 0 Å². The molecule has 3 aromatic carbocycles. The lowest BCUT2D eigenvalue weighted by atomic mass is 9.84. The molecule has 0 spiro atoms. The van der Waals surface area contributed by atoms with Crippen LogP contribution in [0.2, 0.25) is 0 Å². The van der Waals surface area contributed by atoms with Crippen LogP contribution in [0.5, 0.6) is 23.0 Å². The maximum atomic E-state index is 13.8. The summed E-state index contributed by atoms with van der Waals surface area (Å²) in [5.41, 5.74) is 0.290. The van der Waals surface area contributed by atoms with Gasteiger partial charge in [0, 0.05) is 28.3 Å². The number of aromatic nitrogens is 1. The summed E-state index contributed by atoms with van der Waals surface area (Å²) in [6, 6.07) is 16.2. The van der Waals surface area contributed by atoms with E-state index in [-0.39, 0.29) is 62.7 Å². The van der Waals surface area contributed by atoms with Gasteiger partial charge in [-0.25, -0.2) is 4.79 Å². The van der Waals surface area contributed by atoms with Gasteiger partial charge < -0.3 is 28.7 Å². The van der Waals surface area contributed by atoms with E-state index in [2.05, 4.69) is 4.98 Å². The maximum absolute atomic E-state index is 13.8. The Bertz CT molecular complexity index is 1910. The fourth-order valence-corrected chi connectivity index (χ4v) is 5.08. The van der Waals surface area contributed by atoms with Crippen LogP contribution in [0, 0.1) is 0 Å². The minimum absolute atomic E-state index is 0.0168. The number of benzene rings is 3. The topological polar surface area (TPSA) is 128 Å². The van der Waals surface area contributed by atoms with Crippen LogP contribution in [0.1, 0.15) is 32.0 Å². The number of hydrogen-bond donors (Lipinski definition) is 2. The van der Waals surface area contributed by atoms with Crippen LogP contribution in [-0.4, -0.2) is 35.6 Å². The van der Waals surface area contributed by atoms with Crippen LogP contribution in [0.3, 0.4) is 0 Å². The number of ether oxygens (including phenoxy) is 3. The molecule has 1 aliphatic carbocycles. The molecule has 9 nitrogen and oxygen atoms in total. The fourth-order valence-electron chi connectivity index (χ4n) is 5.08. The van der Waals surface area contributed by atoms with Gasteiger partial charge in [-0.3, -0.25) is 9.59 Å². The summed E-state index contributed by atoms with van der Waals surface area (Å²) in [5, 5.41) is 11.6. The molecule has 0 saturated heterocycles. The third kappa shape index (κ3) is 2.95. The molecule has 9 heteroatoms. The second-order valence-electron chi connectivity index (χ2n) is 8.87. The highest BCUT2D eigenvalue weighted by Gasteiger charge is 2.38. The molecule has 7 rings (SSSR count). The van der Waals surface area contributed by atoms with Crippen LogP contribution >= 0.6 is 0 Å². The zero-order valence-corrected chi connectivity index (χ0v) is 19.8. The first-order valence-corrected chi connectivity index (χ1v) is 11.6. The van der Waals surface area contributed by atoms with Crippen molar-refractivity contribution in [3.05, 3.63) is 93.5 Å². The van der Waals surface area contributed by atoms with Crippen molar-refractivity contribution in [1.82, 2.24) is 4.98 Å². The molecule has 1 aliphatic heterocycles. The first-order chi connectivity index (χ1) is 18.5. The zero-order valence-electron chi connectivity index (χ0n) is 19.8. The van der Waals surface area contributed by atoms with Crippen molar-refractivity contribution in [2.24, 2.45) is 0 Å². The van der Waals surface area contributed by atoms with E-state index < -0.39 is 17.2 Å². The summed E-state index contributed by atoms with van der Waals surface area (Å²) in [6.45, 7) is 0.0532. The first-order valence-electron chi connectivity index (χ1n) is 11.6. The predicted molar refractivity (Wildman–Crippen MR) is 135 cm³/mol. The maximum Gasteiger partial charge on any atom is 0.348 e. The van der Waals surface area contributed by atoms with Crippen LogP contribution in [0.25, 0.3) is 33.4 Å². The molecule has 2 aliphatic rings. The Labute approximate surface area is 213 Å². The van der Waals surface area contributed by atoms with Gasteiger partial charge in [0.15, 0.2) is 17.3 Å². The Kier molecular flexibility index (Phi) is 4.53. The largest absolute Gasteiger partial charge is 0.506 e. The molecule has 38 heavy (non-hydrogen) atoms. The number of ketones is 2. The highest BCUT2D eigenvalue weighted by molar-refractivity contribution is 6.31. The second-order valence-corrected chi connectivity index (χ2v) is 8.87.